The standard InChI is InChI=1S/C15H32N4O.HI/c1-5-6-7-18(4)15(16-3)17-12-14(2)13-19-8-10-20-11-9-19;/h14H,5-13H2,1-4H3,(H,16,17);1H. The summed E-state index contributed by atoms with van der Waals surface area (Å²) in [6, 6.07) is 0. The van der Waals surface area contributed by atoms with Gasteiger partial charge in [-0.1, -0.05) is 20.3 Å². The average molecular weight is 412 g/mol. The molecule has 1 unspecified atom stereocenters. The smallest absolute Gasteiger partial charge is 0.193 e. The lowest BCUT2D eigenvalue weighted by molar-refractivity contribution is 0.0320. The molecule has 1 N–H and O–H groups in total. The van der Waals surface area contributed by atoms with Crippen molar-refractivity contribution in [3.63, 3.8) is 0 Å². The van der Waals surface area contributed by atoms with Gasteiger partial charge < -0.3 is 15.0 Å². The zero-order valence-corrected chi connectivity index (χ0v) is 16.4. The number of rotatable bonds is 7. The largest absolute Gasteiger partial charge is 0.379 e. The second kappa shape index (κ2) is 12.5. The zero-order valence-electron chi connectivity index (χ0n) is 14.1. The highest BCUT2D eigenvalue weighted by Crippen LogP contribution is 2.03. The molecule has 0 saturated carbocycles. The minimum atomic E-state index is 0. The zero-order chi connectivity index (χ0) is 14.8. The van der Waals surface area contributed by atoms with Crippen LogP contribution in [0.3, 0.4) is 0 Å². The highest BCUT2D eigenvalue weighted by Gasteiger charge is 2.14. The predicted octanol–water partition coefficient (Wildman–Crippen LogP) is 1.88. The van der Waals surface area contributed by atoms with Gasteiger partial charge in [0.25, 0.3) is 0 Å². The minimum absolute atomic E-state index is 0. The van der Waals surface area contributed by atoms with Crippen LogP contribution in [0.15, 0.2) is 4.99 Å². The molecular weight excluding hydrogens is 379 g/mol. The van der Waals surface area contributed by atoms with Gasteiger partial charge in [0.2, 0.25) is 0 Å². The van der Waals surface area contributed by atoms with E-state index in [4.69, 9.17) is 4.74 Å². The van der Waals surface area contributed by atoms with Crippen molar-refractivity contribution in [2.75, 3.05) is 60.0 Å². The Bertz CT molecular complexity index is 283. The van der Waals surface area contributed by atoms with Crippen molar-refractivity contribution in [3.8, 4) is 0 Å². The second-order valence-corrected chi connectivity index (χ2v) is 5.72. The molecule has 0 aliphatic carbocycles. The van der Waals surface area contributed by atoms with Crippen molar-refractivity contribution in [2.45, 2.75) is 26.7 Å². The number of guanidine groups is 1. The van der Waals surface area contributed by atoms with E-state index in [9.17, 15) is 0 Å². The molecule has 1 rings (SSSR count). The lowest BCUT2D eigenvalue weighted by atomic mass is 10.1. The fourth-order valence-corrected chi connectivity index (χ4v) is 2.44. The molecule has 0 amide bonds. The van der Waals surface area contributed by atoms with Crippen LogP contribution in [-0.4, -0.2) is 75.8 Å². The summed E-state index contributed by atoms with van der Waals surface area (Å²) in [5, 5.41) is 3.49. The topological polar surface area (TPSA) is 40.1 Å². The molecule has 1 aliphatic heterocycles. The number of ether oxygens (including phenoxy) is 1. The molecule has 0 spiro atoms. The van der Waals surface area contributed by atoms with Crippen LogP contribution in [0.2, 0.25) is 0 Å². The van der Waals surface area contributed by atoms with Gasteiger partial charge in [0.15, 0.2) is 5.96 Å². The van der Waals surface area contributed by atoms with Crippen LogP contribution in [0.1, 0.15) is 26.7 Å². The van der Waals surface area contributed by atoms with E-state index in [2.05, 4.69) is 41.0 Å². The van der Waals surface area contributed by atoms with Crippen molar-refractivity contribution >= 4 is 29.9 Å². The van der Waals surface area contributed by atoms with Crippen molar-refractivity contribution in [1.82, 2.24) is 15.1 Å². The molecule has 1 atom stereocenters. The summed E-state index contributed by atoms with van der Waals surface area (Å²) < 4.78 is 5.38. The van der Waals surface area contributed by atoms with E-state index < -0.39 is 0 Å². The van der Waals surface area contributed by atoms with Crippen molar-refractivity contribution < 1.29 is 4.74 Å². The van der Waals surface area contributed by atoms with E-state index in [-0.39, 0.29) is 24.0 Å². The summed E-state index contributed by atoms with van der Waals surface area (Å²) in [6.07, 6.45) is 2.43. The predicted molar refractivity (Wildman–Crippen MR) is 101 cm³/mol. The molecular formula is C15H33IN4O. The molecule has 0 bridgehead atoms. The Balaban J connectivity index is 0.00000400. The van der Waals surface area contributed by atoms with Gasteiger partial charge in [-0.05, 0) is 12.3 Å². The Hall–Kier alpha value is -0.0800. The molecule has 5 nitrogen and oxygen atoms in total. The number of hydrogen-bond acceptors (Lipinski definition) is 3. The highest BCUT2D eigenvalue weighted by molar-refractivity contribution is 14.0. The van der Waals surface area contributed by atoms with E-state index in [1.807, 2.05) is 7.05 Å². The van der Waals surface area contributed by atoms with Crippen LogP contribution in [-0.2, 0) is 4.74 Å². The number of nitrogens with zero attached hydrogens (tertiary/aromatic N) is 3. The molecule has 1 aliphatic rings. The third-order valence-electron chi connectivity index (χ3n) is 3.70. The van der Waals surface area contributed by atoms with Crippen LogP contribution in [0, 0.1) is 5.92 Å². The third kappa shape index (κ3) is 8.83. The van der Waals surface area contributed by atoms with E-state index >= 15 is 0 Å². The van der Waals surface area contributed by atoms with Crippen molar-refractivity contribution in [2.24, 2.45) is 10.9 Å². The Kier molecular flexibility index (Phi) is 12.4. The fraction of sp³-hybridized carbons (Fsp3) is 0.933. The van der Waals surface area contributed by atoms with Crippen molar-refractivity contribution in [3.05, 3.63) is 0 Å². The molecule has 21 heavy (non-hydrogen) atoms. The Morgan fingerprint density at radius 2 is 2.05 bits per heavy atom. The second-order valence-electron chi connectivity index (χ2n) is 5.72. The molecule has 0 aromatic heterocycles. The van der Waals surface area contributed by atoms with Crippen LogP contribution in [0.25, 0.3) is 0 Å². The van der Waals surface area contributed by atoms with Gasteiger partial charge in [0.05, 0.1) is 13.2 Å². The van der Waals surface area contributed by atoms with Gasteiger partial charge in [0, 0.05) is 46.8 Å². The third-order valence-corrected chi connectivity index (χ3v) is 3.70. The lowest BCUT2D eigenvalue weighted by Crippen LogP contribution is -2.44. The van der Waals surface area contributed by atoms with E-state index in [1.54, 1.807) is 0 Å². The Labute approximate surface area is 147 Å². The van der Waals surface area contributed by atoms with Gasteiger partial charge in [0.1, 0.15) is 0 Å². The molecule has 0 aromatic carbocycles. The summed E-state index contributed by atoms with van der Waals surface area (Å²) in [6.45, 7) is 11.6. The normalized spacial score (nSPS) is 18.0. The summed E-state index contributed by atoms with van der Waals surface area (Å²) in [5.74, 6) is 1.62. The first kappa shape index (κ1) is 20.9. The maximum Gasteiger partial charge on any atom is 0.193 e. The monoisotopic (exact) mass is 412 g/mol. The van der Waals surface area contributed by atoms with E-state index in [0.717, 1.165) is 51.9 Å². The molecule has 126 valence electrons. The quantitative estimate of drug-likeness (QED) is 0.394. The highest BCUT2D eigenvalue weighted by atomic mass is 127. The van der Waals surface area contributed by atoms with Gasteiger partial charge in [-0.2, -0.15) is 0 Å². The van der Waals surface area contributed by atoms with Crippen LogP contribution in [0.4, 0.5) is 0 Å². The summed E-state index contributed by atoms with van der Waals surface area (Å²) in [7, 11) is 3.97. The number of aliphatic imine (C=N–C) groups is 1. The molecule has 0 radical (unpaired) electrons. The summed E-state index contributed by atoms with van der Waals surface area (Å²) in [5.41, 5.74) is 0. The number of morpholine rings is 1. The lowest BCUT2D eigenvalue weighted by Gasteiger charge is -2.30. The fourth-order valence-electron chi connectivity index (χ4n) is 2.44. The molecule has 6 heteroatoms. The minimum Gasteiger partial charge on any atom is -0.379 e. The van der Waals surface area contributed by atoms with Crippen LogP contribution in [0.5, 0.6) is 0 Å². The number of hydrogen-bond donors (Lipinski definition) is 1. The number of halogens is 1. The average Bonchev–Trinajstić information content (AvgIpc) is 2.46. The maximum absolute atomic E-state index is 5.38. The first-order valence-corrected chi connectivity index (χ1v) is 7.89. The van der Waals surface area contributed by atoms with Gasteiger partial charge in [-0.25, -0.2) is 0 Å². The molecule has 1 fully saturated rings. The van der Waals surface area contributed by atoms with Crippen LogP contribution < -0.4 is 5.32 Å². The first-order chi connectivity index (χ1) is 9.67. The Morgan fingerprint density at radius 1 is 1.38 bits per heavy atom. The van der Waals surface area contributed by atoms with E-state index in [0.29, 0.717) is 5.92 Å². The maximum atomic E-state index is 5.38. The van der Waals surface area contributed by atoms with E-state index in [1.165, 1.54) is 12.8 Å². The summed E-state index contributed by atoms with van der Waals surface area (Å²) >= 11 is 0. The SMILES string of the molecule is CCCCN(C)C(=NC)NCC(C)CN1CCOCC1.I. The molecule has 1 saturated heterocycles. The molecule has 1 heterocycles. The number of nitrogens with one attached hydrogen (secondary N) is 1. The van der Waals surface area contributed by atoms with Gasteiger partial charge in [-0.15, -0.1) is 24.0 Å². The Morgan fingerprint density at radius 3 is 2.62 bits per heavy atom. The van der Waals surface area contributed by atoms with Crippen LogP contribution >= 0.6 is 24.0 Å². The first-order valence-electron chi connectivity index (χ1n) is 7.89. The number of unbranched alkanes of at least 4 members (excludes halogenated alkanes) is 1. The summed E-state index contributed by atoms with van der Waals surface area (Å²) in [4.78, 5) is 9.06. The van der Waals surface area contributed by atoms with Crippen molar-refractivity contribution in [1.29, 1.82) is 0 Å². The van der Waals surface area contributed by atoms with Gasteiger partial charge in [-0.3, -0.25) is 9.89 Å². The van der Waals surface area contributed by atoms with Gasteiger partial charge >= 0.3 is 0 Å². The molecule has 0 aromatic rings.